The molecule has 0 radical (unpaired) electrons. The van der Waals surface area contributed by atoms with Gasteiger partial charge in [-0.05, 0) is 36.8 Å². The highest BCUT2D eigenvalue weighted by molar-refractivity contribution is 7.08. The summed E-state index contributed by atoms with van der Waals surface area (Å²) >= 11 is 19.6. The second-order valence-corrected chi connectivity index (χ2v) is 8.30. The lowest BCUT2D eigenvalue weighted by atomic mass is 10.1. The van der Waals surface area contributed by atoms with Crippen LogP contribution < -0.4 is 4.74 Å². The number of nitriles is 1. The maximum atomic E-state index is 9.68. The number of aromatic nitrogens is 1. The van der Waals surface area contributed by atoms with Crippen molar-refractivity contribution in [2.45, 2.75) is 6.92 Å². The van der Waals surface area contributed by atoms with Crippen LogP contribution in [0.5, 0.6) is 10.8 Å². The van der Waals surface area contributed by atoms with Crippen LogP contribution in [0, 0.1) is 18.3 Å². The topological polar surface area (TPSA) is 61.5 Å². The maximum Gasteiger partial charge on any atom is 0.218 e. The van der Waals surface area contributed by atoms with Crippen molar-refractivity contribution in [3.8, 4) is 28.1 Å². The minimum absolute atomic E-state index is 0.296. The molecule has 148 valence electrons. The van der Waals surface area contributed by atoms with Gasteiger partial charge in [-0.3, -0.25) is 0 Å². The van der Waals surface area contributed by atoms with Crippen LogP contribution in [0.4, 0.5) is 5.69 Å². The van der Waals surface area contributed by atoms with Gasteiger partial charge >= 0.3 is 0 Å². The van der Waals surface area contributed by atoms with Crippen LogP contribution in [-0.4, -0.2) is 29.7 Å². The summed E-state index contributed by atoms with van der Waals surface area (Å²) in [5, 5.41) is 11.4. The molecule has 0 unspecified atom stereocenters. The van der Waals surface area contributed by atoms with Crippen molar-refractivity contribution in [3.05, 3.63) is 56.5 Å². The van der Waals surface area contributed by atoms with Crippen molar-refractivity contribution in [2.75, 3.05) is 14.1 Å². The molecule has 0 bridgehead atoms. The van der Waals surface area contributed by atoms with Gasteiger partial charge in [-0.15, -0.1) is 0 Å². The van der Waals surface area contributed by atoms with E-state index < -0.39 is 0 Å². The van der Waals surface area contributed by atoms with E-state index in [0.29, 0.717) is 48.4 Å². The Kier molecular flexibility index (Phi) is 6.66. The van der Waals surface area contributed by atoms with Crippen molar-refractivity contribution >= 4 is 58.4 Å². The number of hydrogen-bond donors (Lipinski definition) is 0. The van der Waals surface area contributed by atoms with E-state index in [1.54, 1.807) is 30.6 Å². The van der Waals surface area contributed by atoms with Crippen LogP contribution in [0.3, 0.4) is 0 Å². The summed E-state index contributed by atoms with van der Waals surface area (Å²) in [5.74, 6) is 0.521. The number of halogens is 3. The zero-order valence-corrected chi connectivity index (χ0v) is 18.8. The average molecular weight is 466 g/mol. The zero-order chi connectivity index (χ0) is 21.1. The summed E-state index contributed by atoms with van der Waals surface area (Å²) in [6, 6.07) is 10.7. The third-order valence-corrected chi connectivity index (χ3v) is 5.41. The molecule has 2 aromatic carbocycles. The molecule has 3 aromatic rings. The Hall–Kier alpha value is -2.30. The lowest BCUT2D eigenvalue weighted by molar-refractivity contribution is 0.491. The van der Waals surface area contributed by atoms with Gasteiger partial charge in [0, 0.05) is 42.3 Å². The number of rotatable bonds is 5. The fourth-order valence-electron chi connectivity index (χ4n) is 2.44. The van der Waals surface area contributed by atoms with Gasteiger partial charge < -0.3 is 9.64 Å². The van der Waals surface area contributed by atoms with Gasteiger partial charge in [0.25, 0.3) is 0 Å². The Bertz CT molecular complexity index is 1140. The average Bonchev–Trinajstić information content (AvgIpc) is 3.05. The van der Waals surface area contributed by atoms with Crippen LogP contribution in [0.1, 0.15) is 11.1 Å². The van der Waals surface area contributed by atoms with E-state index in [1.165, 1.54) is 0 Å². The normalized spacial score (nSPS) is 10.9. The van der Waals surface area contributed by atoms with Crippen molar-refractivity contribution < 1.29 is 4.74 Å². The van der Waals surface area contributed by atoms with Gasteiger partial charge in [0.15, 0.2) is 0 Å². The van der Waals surface area contributed by atoms with Crippen molar-refractivity contribution in [2.24, 2.45) is 4.99 Å². The Morgan fingerprint density at radius 3 is 2.59 bits per heavy atom. The van der Waals surface area contributed by atoms with Crippen LogP contribution >= 0.6 is 46.3 Å². The van der Waals surface area contributed by atoms with Crippen molar-refractivity contribution in [1.29, 1.82) is 5.26 Å². The molecule has 5 nitrogen and oxygen atoms in total. The minimum atomic E-state index is 0.296. The second kappa shape index (κ2) is 9.02. The van der Waals surface area contributed by atoms with E-state index in [4.69, 9.17) is 39.5 Å². The first-order valence-electron chi connectivity index (χ1n) is 8.34. The highest BCUT2D eigenvalue weighted by Crippen LogP contribution is 2.41. The monoisotopic (exact) mass is 464 g/mol. The number of aliphatic imine (C=N–C) groups is 1. The molecule has 0 aliphatic heterocycles. The molecule has 0 N–H and O–H groups in total. The largest absolute Gasteiger partial charge is 0.443 e. The summed E-state index contributed by atoms with van der Waals surface area (Å²) in [5.41, 5.74) is 2.81. The van der Waals surface area contributed by atoms with E-state index in [-0.39, 0.29) is 0 Å². The summed E-state index contributed by atoms with van der Waals surface area (Å²) in [6.45, 7) is 1.88. The van der Waals surface area contributed by atoms with Crippen LogP contribution in [-0.2, 0) is 0 Å². The summed E-state index contributed by atoms with van der Waals surface area (Å²) < 4.78 is 10.3. The molecule has 3 rings (SSSR count). The molecule has 0 fully saturated rings. The van der Waals surface area contributed by atoms with Crippen molar-refractivity contribution in [3.63, 3.8) is 0 Å². The predicted molar refractivity (Wildman–Crippen MR) is 120 cm³/mol. The van der Waals surface area contributed by atoms with Crippen LogP contribution in [0.25, 0.3) is 11.3 Å². The van der Waals surface area contributed by atoms with E-state index in [0.717, 1.165) is 17.1 Å². The minimum Gasteiger partial charge on any atom is -0.443 e. The Balaban J connectivity index is 1.97. The van der Waals surface area contributed by atoms with Gasteiger partial charge in [0.1, 0.15) is 23.1 Å². The van der Waals surface area contributed by atoms with Gasteiger partial charge in [-0.25, -0.2) is 4.99 Å². The lowest BCUT2D eigenvalue weighted by Crippen LogP contribution is -2.07. The Morgan fingerprint density at radius 2 is 1.93 bits per heavy atom. The molecule has 0 atom stereocenters. The molecule has 0 spiro atoms. The maximum absolute atomic E-state index is 9.68. The van der Waals surface area contributed by atoms with Crippen LogP contribution in [0.2, 0.25) is 15.1 Å². The Morgan fingerprint density at radius 1 is 1.17 bits per heavy atom. The third-order valence-electron chi connectivity index (χ3n) is 3.83. The third kappa shape index (κ3) is 4.82. The van der Waals surface area contributed by atoms with Gasteiger partial charge in [0.05, 0.1) is 22.1 Å². The van der Waals surface area contributed by atoms with E-state index in [9.17, 15) is 5.26 Å². The molecular weight excluding hydrogens is 451 g/mol. The molecule has 0 aliphatic carbocycles. The molecule has 0 amide bonds. The zero-order valence-electron chi connectivity index (χ0n) is 15.7. The predicted octanol–water partition coefficient (Wildman–Crippen LogP) is 6.96. The summed E-state index contributed by atoms with van der Waals surface area (Å²) in [6.07, 6.45) is 1.67. The number of ether oxygens (including phenoxy) is 1. The molecule has 0 saturated carbocycles. The van der Waals surface area contributed by atoms with E-state index >= 15 is 0 Å². The first-order chi connectivity index (χ1) is 13.8. The summed E-state index contributed by atoms with van der Waals surface area (Å²) in [7, 11) is 3.75. The van der Waals surface area contributed by atoms with E-state index in [1.807, 2.05) is 32.0 Å². The number of benzene rings is 2. The fourth-order valence-corrected chi connectivity index (χ4v) is 3.87. The quantitative estimate of drug-likeness (QED) is 0.302. The fraction of sp³-hybridized carbons (Fsp3) is 0.150. The van der Waals surface area contributed by atoms with Gasteiger partial charge in [-0.2, -0.15) is 9.64 Å². The second-order valence-electron chi connectivity index (χ2n) is 6.31. The summed E-state index contributed by atoms with van der Waals surface area (Å²) in [4.78, 5) is 6.15. The molecule has 0 aliphatic rings. The molecular formula is C20H15Cl3N4OS. The molecule has 29 heavy (non-hydrogen) atoms. The van der Waals surface area contributed by atoms with Crippen LogP contribution in [0.15, 0.2) is 35.3 Å². The first kappa shape index (κ1) is 21.4. The lowest BCUT2D eigenvalue weighted by Gasteiger charge is -2.10. The molecule has 1 aromatic heterocycles. The highest BCUT2D eigenvalue weighted by Gasteiger charge is 2.20. The van der Waals surface area contributed by atoms with Gasteiger partial charge in [-0.1, -0.05) is 34.8 Å². The molecule has 0 saturated heterocycles. The van der Waals surface area contributed by atoms with Crippen molar-refractivity contribution in [1.82, 2.24) is 9.27 Å². The van der Waals surface area contributed by atoms with E-state index in [2.05, 4.69) is 15.4 Å². The number of aryl methyl sites for hydroxylation is 1. The standard InChI is InChI=1S/C20H15Cl3N4OS/c1-11-6-17(25-10-27(2)3)16(23)8-18(11)28-20-14(9-24)19(26-29-20)13-5-4-12(21)7-15(13)22/h4-8,10H,1-3H3/b25-10-. The SMILES string of the molecule is Cc1cc(/N=C\N(C)C)c(Cl)cc1Oc1snc(-c2ccc(Cl)cc2Cl)c1C#N. The van der Waals surface area contributed by atoms with Gasteiger partial charge in [0.2, 0.25) is 5.06 Å². The number of nitrogens with zero attached hydrogens (tertiary/aromatic N) is 4. The Labute approximate surface area is 187 Å². The first-order valence-corrected chi connectivity index (χ1v) is 10.2. The molecule has 1 heterocycles. The smallest absolute Gasteiger partial charge is 0.218 e. The molecule has 9 heteroatoms. The number of hydrogen-bond acceptors (Lipinski definition) is 5. The highest BCUT2D eigenvalue weighted by atomic mass is 35.5.